The van der Waals surface area contributed by atoms with Gasteiger partial charge in [-0.25, -0.2) is 0 Å². The minimum Gasteiger partial charge on any atom is -0.376 e. The molecular formula is C16H24N2O2. The zero-order valence-electron chi connectivity index (χ0n) is 12.4. The molecule has 0 radical (unpaired) electrons. The summed E-state index contributed by atoms with van der Waals surface area (Å²) >= 11 is 0. The molecule has 0 atom stereocenters. The SMILES string of the molecule is Cc1ccc(C(=O)NCCOC2CCNCC2)cc1C. The number of hydrogen-bond donors (Lipinski definition) is 2. The van der Waals surface area contributed by atoms with Crippen molar-refractivity contribution in [2.24, 2.45) is 0 Å². The molecule has 4 nitrogen and oxygen atoms in total. The zero-order chi connectivity index (χ0) is 14.4. The van der Waals surface area contributed by atoms with Crippen molar-refractivity contribution < 1.29 is 9.53 Å². The highest BCUT2D eigenvalue weighted by molar-refractivity contribution is 5.94. The van der Waals surface area contributed by atoms with Crippen LogP contribution in [0, 0.1) is 13.8 Å². The summed E-state index contributed by atoms with van der Waals surface area (Å²) in [6.45, 7) is 7.27. The molecule has 2 N–H and O–H groups in total. The Kier molecular flexibility index (Phi) is 5.56. The van der Waals surface area contributed by atoms with Gasteiger partial charge in [-0.15, -0.1) is 0 Å². The van der Waals surface area contributed by atoms with Gasteiger partial charge in [-0.1, -0.05) is 6.07 Å². The number of ether oxygens (including phenoxy) is 1. The van der Waals surface area contributed by atoms with E-state index in [1.54, 1.807) is 0 Å². The van der Waals surface area contributed by atoms with Gasteiger partial charge in [-0.2, -0.15) is 0 Å². The molecule has 1 amide bonds. The largest absolute Gasteiger partial charge is 0.376 e. The van der Waals surface area contributed by atoms with Gasteiger partial charge >= 0.3 is 0 Å². The summed E-state index contributed by atoms with van der Waals surface area (Å²) < 4.78 is 5.76. The first-order valence-corrected chi connectivity index (χ1v) is 7.34. The molecule has 0 aliphatic carbocycles. The first kappa shape index (κ1) is 15.0. The number of benzene rings is 1. The highest BCUT2D eigenvalue weighted by Crippen LogP contribution is 2.10. The topological polar surface area (TPSA) is 50.4 Å². The van der Waals surface area contributed by atoms with Gasteiger partial charge < -0.3 is 15.4 Å². The molecule has 110 valence electrons. The van der Waals surface area contributed by atoms with Gasteiger partial charge in [0.2, 0.25) is 0 Å². The van der Waals surface area contributed by atoms with Gasteiger partial charge in [0.25, 0.3) is 5.91 Å². The molecule has 1 saturated heterocycles. The Morgan fingerprint density at radius 3 is 2.75 bits per heavy atom. The van der Waals surface area contributed by atoms with Crippen molar-refractivity contribution in [1.82, 2.24) is 10.6 Å². The number of hydrogen-bond acceptors (Lipinski definition) is 3. The first-order valence-electron chi connectivity index (χ1n) is 7.34. The number of nitrogens with one attached hydrogen (secondary N) is 2. The standard InChI is InChI=1S/C16H24N2O2/c1-12-3-4-14(11-13(12)2)16(19)18-9-10-20-15-5-7-17-8-6-15/h3-4,11,15,17H,5-10H2,1-2H3,(H,18,19). The van der Waals surface area contributed by atoms with Gasteiger partial charge in [0.1, 0.15) is 0 Å². The first-order chi connectivity index (χ1) is 9.66. The van der Waals surface area contributed by atoms with E-state index in [4.69, 9.17) is 4.74 Å². The number of carbonyl (C=O) groups excluding carboxylic acids is 1. The Hall–Kier alpha value is -1.39. The minimum atomic E-state index is -0.0259. The van der Waals surface area contributed by atoms with Gasteiger partial charge in [-0.05, 0) is 63.0 Å². The summed E-state index contributed by atoms with van der Waals surface area (Å²) in [4.78, 5) is 12.0. The maximum absolute atomic E-state index is 12.0. The predicted octanol–water partition coefficient (Wildman–Crippen LogP) is 1.80. The fourth-order valence-corrected chi connectivity index (χ4v) is 2.34. The lowest BCUT2D eigenvalue weighted by Crippen LogP contribution is -2.34. The third kappa shape index (κ3) is 4.32. The van der Waals surface area contributed by atoms with E-state index in [-0.39, 0.29) is 5.91 Å². The molecule has 1 fully saturated rings. The number of rotatable bonds is 5. The van der Waals surface area contributed by atoms with Crippen LogP contribution < -0.4 is 10.6 Å². The van der Waals surface area contributed by atoms with Crippen molar-refractivity contribution in [1.29, 1.82) is 0 Å². The van der Waals surface area contributed by atoms with Crippen LogP contribution in [0.25, 0.3) is 0 Å². The molecule has 0 bridgehead atoms. The van der Waals surface area contributed by atoms with Crippen molar-refractivity contribution in [3.8, 4) is 0 Å². The smallest absolute Gasteiger partial charge is 0.251 e. The predicted molar refractivity (Wildman–Crippen MR) is 80.1 cm³/mol. The fraction of sp³-hybridized carbons (Fsp3) is 0.562. The van der Waals surface area contributed by atoms with Crippen LogP contribution in [0.3, 0.4) is 0 Å². The zero-order valence-corrected chi connectivity index (χ0v) is 12.4. The van der Waals surface area contributed by atoms with Crippen LogP contribution in [0.1, 0.15) is 34.3 Å². The van der Waals surface area contributed by atoms with Gasteiger partial charge in [-0.3, -0.25) is 4.79 Å². The van der Waals surface area contributed by atoms with Crippen LogP contribution in [0.5, 0.6) is 0 Å². The van der Waals surface area contributed by atoms with E-state index < -0.39 is 0 Å². The van der Waals surface area contributed by atoms with Gasteiger partial charge in [0, 0.05) is 12.1 Å². The summed E-state index contributed by atoms with van der Waals surface area (Å²) in [5.74, 6) is -0.0259. The molecule has 0 aromatic heterocycles. The summed E-state index contributed by atoms with van der Waals surface area (Å²) in [6, 6.07) is 5.78. The monoisotopic (exact) mass is 276 g/mol. The molecule has 2 rings (SSSR count). The molecule has 1 aromatic rings. The number of carbonyl (C=O) groups is 1. The van der Waals surface area contributed by atoms with Crippen LogP contribution in [0.2, 0.25) is 0 Å². The number of aryl methyl sites for hydroxylation is 2. The lowest BCUT2D eigenvalue weighted by Gasteiger charge is -2.22. The van der Waals surface area contributed by atoms with E-state index in [0.29, 0.717) is 19.3 Å². The second-order valence-electron chi connectivity index (χ2n) is 5.38. The summed E-state index contributed by atoms with van der Waals surface area (Å²) in [7, 11) is 0. The molecular weight excluding hydrogens is 252 g/mol. The molecule has 1 aliphatic heterocycles. The van der Waals surface area contributed by atoms with Gasteiger partial charge in [0.15, 0.2) is 0 Å². The van der Waals surface area contributed by atoms with E-state index in [2.05, 4.69) is 10.6 Å². The van der Waals surface area contributed by atoms with Crippen LogP contribution in [0.15, 0.2) is 18.2 Å². The minimum absolute atomic E-state index is 0.0259. The quantitative estimate of drug-likeness (QED) is 0.806. The number of piperidine rings is 1. The molecule has 1 aromatic carbocycles. The Morgan fingerprint density at radius 1 is 1.30 bits per heavy atom. The summed E-state index contributed by atoms with van der Waals surface area (Å²) in [5.41, 5.74) is 3.06. The Bertz CT molecular complexity index is 454. The van der Waals surface area contributed by atoms with Crippen molar-refractivity contribution in [2.45, 2.75) is 32.8 Å². The van der Waals surface area contributed by atoms with Crippen molar-refractivity contribution in [3.63, 3.8) is 0 Å². The van der Waals surface area contributed by atoms with Crippen LogP contribution in [0.4, 0.5) is 0 Å². The Morgan fingerprint density at radius 2 is 2.05 bits per heavy atom. The van der Waals surface area contributed by atoms with Crippen LogP contribution in [-0.4, -0.2) is 38.3 Å². The molecule has 20 heavy (non-hydrogen) atoms. The van der Waals surface area contributed by atoms with Crippen LogP contribution in [-0.2, 0) is 4.74 Å². The van der Waals surface area contributed by atoms with Crippen molar-refractivity contribution in [3.05, 3.63) is 34.9 Å². The maximum Gasteiger partial charge on any atom is 0.251 e. The third-order valence-corrected chi connectivity index (χ3v) is 3.80. The van der Waals surface area contributed by atoms with E-state index in [9.17, 15) is 4.79 Å². The van der Waals surface area contributed by atoms with Crippen molar-refractivity contribution in [2.75, 3.05) is 26.2 Å². The summed E-state index contributed by atoms with van der Waals surface area (Å²) in [6.07, 6.45) is 2.46. The second-order valence-corrected chi connectivity index (χ2v) is 5.38. The van der Waals surface area contributed by atoms with Crippen LogP contribution >= 0.6 is 0 Å². The normalized spacial score (nSPS) is 16.1. The maximum atomic E-state index is 12.0. The molecule has 1 heterocycles. The highest BCUT2D eigenvalue weighted by Gasteiger charge is 2.13. The molecule has 0 saturated carbocycles. The van der Waals surface area contributed by atoms with E-state index in [1.165, 1.54) is 5.56 Å². The fourth-order valence-electron chi connectivity index (χ4n) is 2.34. The molecule has 0 unspecified atom stereocenters. The van der Waals surface area contributed by atoms with E-state index in [1.807, 2.05) is 32.0 Å². The van der Waals surface area contributed by atoms with Crippen molar-refractivity contribution >= 4 is 5.91 Å². The average molecular weight is 276 g/mol. The molecule has 4 heteroatoms. The molecule has 1 aliphatic rings. The number of amides is 1. The Labute approximate surface area is 120 Å². The third-order valence-electron chi connectivity index (χ3n) is 3.80. The highest BCUT2D eigenvalue weighted by atomic mass is 16.5. The van der Waals surface area contributed by atoms with Gasteiger partial charge in [0.05, 0.1) is 12.7 Å². The average Bonchev–Trinajstić information content (AvgIpc) is 2.47. The van der Waals surface area contributed by atoms with E-state index in [0.717, 1.165) is 37.1 Å². The molecule has 0 spiro atoms. The van der Waals surface area contributed by atoms with E-state index >= 15 is 0 Å². The Balaban J connectivity index is 1.70. The second kappa shape index (κ2) is 7.41. The lowest BCUT2D eigenvalue weighted by molar-refractivity contribution is 0.0343. The lowest BCUT2D eigenvalue weighted by atomic mass is 10.1. The summed E-state index contributed by atoms with van der Waals surface area (Å²) in [5, 5.41) is 6.21.